The van der Waals surface area contributed by atoms with Crippen LogP contribution in [0.1, 0.15) is 34.6 Å². The summed E-state index contributed by atoms with van der Waals surface area (Å²) in [6.07, 6.45) is 0. The molecule has 0 bridgehead atoms. The average Bonchev–Trinajstić information content (AvgIpc) is 2.12. The van der Waals surface area contributed by atoms with Crippen LogP contribution in [0.15, 0.2) is 0 Å². The fraction of sp³-hybridized carbons (Fsp3) is 0.818. The first kappa shape index (κ1) is 14.7. The monoisotopic (exact) mass is 230 g/mol. The van der Waals surface area contributed by atoms with Crippen molar-refractivity contribution in [2.24, 2.45) is 11.3 Å². The Bertz CT molecular complexity index is 258. The van der Waals surface area contributed by atoms with Crippen LogP contribution in [0.4, 0.5) is 4.79 Å². The first-order chi connectivity index (χ1) is 7.14. The summed E-state index contributed by atoms with van der Waals surface area (Å²) in [5, 5.41) is 13.6. The van der Waals surface area contributed by atoms with E-state index < -0.39 is 18.0 Å². The highest BCUT2D eigenvalue weighted by molar-refractivity contribution is 5.82. The summed E-state index contributed by atoms with van der Waals surface area (Å²) < 4.78 is 0. The van der Waals surface area contributed by atoms with Crippen LogP contribution in [0.3, 0.4) is 0 Å². The molecule has 0 aromatic rings. The Morgan fingerprint density at radius 3 is 2.12 bits per heavy atom. The molecule has 0 aliphatic carbocycles. The van der Waals surface area contributed by atoms with Crippen LogP contribution in [0.2, 0.25) is 0 Å². The van der Waals surface area contributed by atoms with E-state index in [1.807, 2.05) is 6.92 Å². The highest BCUT2D eigenvalue weighted by Crippen LogP contribution is 2.24. The molecular formula is C11H22N2O3. The van der Waals surface area contributed by atoms with Gasteiger partial charge in [-0.15, -0.1) is 0 Å². The number of hydrogen-bond acceptors (Lipinski definition) is 2. The van der Waals surface area contributed by atoms with E-state index in [1.165, 1.54) is 6.92 Å². The molecule has 0 fully saturated rings. The predicted octanol–water partition coefficient (Wildman–Crippen LogP) is 1.44. The van der Waals surface area contributed by atoms with Crippen molar-refractivity contribution in [3.8, 4) is 0 Å². The van der Waals surface area contributed by atoms with Crippen molar-refractivity contribution in [3.63, 3.8) is 0 Å². The Hall–Kier alpha value is -1.26. The van der Waals surface area contributed by atoms with E-state index >= 15 is 0 Å². The van der Waals surface area contributed by atoms with Crippen LogP contribution in [0.25, 0.3) is 0 Å². The minimum Gasteiger partial charge on any atom is -0.480 e. The minimum absolute atomic E-state index is 0.117. The van der Waals surface area contributed by atoms with Crippen LogP contribution in [-0.2, 0) is 4.79 Å². The van der Waals surface area contributed by atoms with E-state index in [2.05, 4.69) is 31.4 Å². The zero-order valence-electron chi connectivity index (χ0n) is 10.6. The van der Waals surface area contributed by atoms with Crippen LogP contribution in [0.5, 0.6) is 0 Å². The summed E-state index contributed by atoms with van der Waals surface area (Å²) in [6, 6.07) is -1.31. The number of aliphatic carboxylic acids is 1. The Balaban J connectivity index is 3.95. The highest BCUT2D eigenvalue weighted by Gasteiger charge is 2.21. The van der Waals surface area contributed by atoms with Crippen molar-refractivity contribution in [2.45, 2.75) is 40.7 Å². The maximum Gasteiger partial charge on any atom is 0.325 e. The third kappa shape index (κ3) is 5.58. The van der Waals surface area contributed by atoms with Crippen molar-refractivity contribution >= 4 is 12.0 Å². The molecule has 0 aliphatic heterocycles. The normalized spacial score (nSPS) is 15.1. The Morgan fingerprint density at radius 2 is 1.75 bits per heavy atom. The van der Waals surface area contributed by atoms with Gasteiger partial charge in [0.05, 0.1) is 0 Å². The van der Waals surface area contributed by atoms with Gasteiger partial charge in [-0.25, -0.2) is 4.79 Å². The summed E-state index contributed by atoms with van der Waals surface area (Å²) in [5.74, 6) is -0.725. The van der Waals surface area contributed by atoms with Crippen molar-refractivity contribution in [1.82, 2.24) is 10.6 Å². The topological polar surface area (TPSA) is 78.4 Å². The number of carboxylic acid groups (broad SMARTS) is 1. The number of carboxylic acids is 1. The number of hydrogen-bond donors (Lipinski definition) is 3. The second-order valence-corrected chi connectivity index (χ2v) is 5.18. The highest BCUT2D eigenvalue weighted by atomic mass is 16.4. The van der Waals surface area contributed by atoms with Crippen molar-refractivity contribution in [2.75, 3.05) is 6.54 Å². The molecule has 94 valence electrons. The first-order valence-corrected chi connectivity index (χ1v) is 5.41. The van der Waals surface area contributed by atoms with Crippen molar-refractivity contribution < 1.29 is 14.7 Å². The van der Waals surface area contributed by atoms with Gasteiger partial charge in [0.1, 0.15) is 6.04 Å². The standard InChI is InChI=1S/C11H22N2O3/c1-7(11(3,4)5)6-12-10(16)13-8(2)9(14)15/h7-8H,6H2,1-5H3,(H,14,15)(H2,12,13,16)/t7?,8-/m0/s1. The molecule has 0 saturated carbocycles. The number of amides is 2. The molecule has 0 aliphatic rings. The molecule has 0 aromatic carbocycles. The number of carbonyl (C=O) groups is 2. The molecule has 0 rings (SSSR count). The van der Waals surface area contributed by atoms with Crippen LogP contribution < -0.4 is 10.6 Å². The SMILES string of the molecule is CC(CNC(=O)N[C@@H](C)C(=O)O)C(C)(C)C. The van der Waals surface area contributed by atoms with Gasteiger partial charge in [0, 0.05) is 6.54 Å². The van der Waals surface area contributed by atoms with E-state index in [0.29, 0.717) is 12.5 Å². The largest absolute Gasteiger partial charge is 0.480 e. The molecule has 5 nitrogen and oxygen atoms in total. The number of rotatable bonds is 4. The maximum atomic E-state index is 11.3. The maximum absolute atomic E-state index is 11.3. The fourth-order valence-electron chi connectivity index (χ4n) is 0.861. The molecule has 16 heavy (non-hydrogen) atoms. The molecule has 0 aromatic heterocycles. The van der Waals surface area contributed by atoms with E-state index in [-0.39, 0.29) is 5.41 Å². The number of nitrogens with one attached hydrogen (secondary N) is 2. The van der Waals surface area contributed by atoms with Gasteiger partial charge in [0.25, 0.3) is 0 Å². The summed E-state index contributed by atoms with van der Waals surface area (Å²) in [7, 11) is 0. The number of urea groups is 1. The van der Waals surface area contributed by atoms with Gasteiger partial charge in [0.15, 0.2) is 0 Å². The molecule has 5 heteroatoms. The predicted molar refractivity (Wildman–Crippen MR) is 62.3 cm³/mol. The smallest absolute Gasteiger partial charge is 0.325 e. The van der Waals surface area contributed by atoms with E-state index in [1.54, 1.807) is 0 Å². The molecule has 2 atom stereocenters. The van der Waals surface area contributed by atoms with Gasteiger partial charge in [0.2, 0.25) is 0 Å². The van der Waals surface area contributed by atoms with Gasteiger partial charge in [-0.1, -0.05) is 27.7 Å². The van der Waals surface area contributed by atoms with Gasteiger partial charge in [-0.2, -0.15) is 0 Å². The second kappa shape index (κ2) is 5.72. The van der Waals surface area contributed by atoms with Crippen LogP contribution in [-0.4, -0.2) is 29.7 Å². The molecule has 1 unspecified atom stereocenters. The molecule has 0 heterocycles. The van der Waals surface area contributed by atoms with E-state index in [9.17, 15) is 9.59 Å². The summed E-state index contributed by atoms with van der Waals surface area (Å²) in [6.45, 7) is 10.3. The molecular weight excluding hydrogens is 208 g/mol. The molecule has 3 N–H and O–H groups in total. The molecule has 0 saturated heterocycles. The zero-order chi connectivity index (χ0) is 12.9. The van der Waals surface area contributed by atoms with Crippen LogP contribution >= 0.6 is 0 Å². The lowest BCUT2D eigenvalue weighted by Gasteiger charge is -2.27. The van der Waals surface area contributed by atoms with Crippen molar-refractivity contribution in [1.29, 1.82) is 0 Å². The summed E-state index contributed by atoms with van der Waals surface area (Å²) in [5.41, 5.74) is 0.117. The third-order valence-electron chi connectivity index (χ3n) is 2.77. The lowest BCUT2D eigenvalue weighted by Crippen LogP contribution is -2.46. The fourth-order valence-corrected chi connectivity index (χ4v) is 0.861. The second-order valence-electron chi connectivity index (χ2n) is 5.18. The van der Waals surface area contributed by atoms with Gasteiger partial charge >= 0.3 is 12.0 Å². The van der Waals surface area contributed by atoms with E-state index in [4.69, 9.17) is 5.11 Å². The first-order valence-electron chi connectivity index (χ1n) is 5.41. The van der Waals surface area contributed by atoms with Gasteiger partial charge in [-0.05, 0) is 18.3 Å². The summed E-state index contributed by atoms with van der Waals surface area (Å²) in [4.78, 5) is 21.8. The zero-order valence-corrected chi connectivity index (χ0v) is 10.6. The van der Waals surface area contributed by atoms with Gasteiger partial charge < -0.3 is 15.7 Å². The summed E-state index contributed by atoms with van der Waals surface area (Å²) >= 11 is 0. The average molecular weight is 230 g/mol. The van der Waals surface area contributed by atoms with Crippen molar-refractivity contribution in [3.05, 3.63) is 0 Å². The Labute approximate surface area is 96.6 Å². The van der Waals surface area contributed by atoms with Gasteiger partial charge in [-0.3, -0.25) is 4.79 Å². The molecule has 0 spiro atoms. The Morgan fingerprint density at radius 1 is 1.25 bits per heavy atom. The van der Waals surface area contributed by atoms with Crippen LogP contribution in [0, 0.1) is 11.3 Å². The third-order valence-corrected chi connectivity index (χ3v) is 2.77. The molecule has 2 amide bonds. The minimum atomic E-state index is -1.04. The Kier molecular flexibility index (Phi) is 5.27. The lowest BCUT2D eigenvalue weighted by molar-refractivity contribution is -0.138. The van der Waals surface area contributed by atoms with E-state index in [0.717, 1.165) is 0 Å². The molecule has 0 radical (unpaired) electrons. The number of carbonyl (C=O) groups excluding carboxylic acids is 1. The quantitative estimate of drug-likeness (QED) is 0.683. The lowest BCUT2D eigenvalue weighted by atomic mass is 9.82.